The van der Waals surface area contributed by atoms with Gasteiger partial charge in [-0.25, -0.2) is 4.79 Å². The van der Waals surface area contributed by atoms with Crippen molar-refractivity contribution in [1.82, 2.24) is 23.5 Å². The quantitative estimate of drug-likeness (QED) is 0.720. The summed E-state index contributed by atoms with van der Waals surface area (Å²) in [6.45, 7) is 3.59. The minimum Gasteiger partial charge on any atom is -0.335 e. The maximum Gasteiger partial charge on any atom is 0.323 e. The van der Waals surface area contributed by atoms with E-state index in [1.807, 2.05) is 6.92 Å². The lowest BCUT2D eigenvalue weighted by Crippen LogP contribution is -2.53. The van der Waals surface area contributed by atoms with Crippen LogP contribution in [0.3, 0.4) is 0 Å². The van der Waals surface area contributed by atoms with E-state index in [1.165, 1.54) is 19.7 Å². The van der Waals surface area contributed by atoms with E-state index in [2.05, 4.69) is 9.97 Å². The van der Waals surface area contributed by atoms with E-state index in [0.29, 0.717) is 19.6 Å². The average Bonchev–Trinajstić information content (AvgIpc) is 2.98. The van der Waals surface area contributed by atoms with Crippen molar-refractivity contribution < 1.29 is 13.2 Å². The number of carbonyl (C=O) groups is 1. The van der Waals surface area contributed by atoms with Crippen LogP contribution in [0.4, 0.5) is 0 Å². The first-order valence-electron chi connectivity index (χ1n) is 7.64. The maximum absolute atomic E-state index is 12.4. The van der Waals surface area contributed by atoms with Gasteiger partial charge < -0.3 is 14.9 Å². The molecule has 1 aromatic rings. The number of rotatable bonds is 6. The zero-order chi connectivity index (χ0) is 17.0. The number of hydrogen-bond acceptors (Lipinski definition) is 4. The highest BCUT2D eigenvalue weighted by Crippen LogP contribution is 2.13. The van der Waals surface area contributed by atoms with Crippen LogP contribution in [0.2, 0.25) is 0 Å². The zero-order valence-corrected chi connectivity index (χ0v) is 14.2. The average molecular weight is 345 g/mol. The molecule has 1 fully saturated rings. The fourth-order valence-electron chi connectivity index (χ4n) is 2.43. The van der Waals surface area contributed by atoms with E-state index < -0.39 is 15.9 Å². The minimum atomic E-state index is -3.48. The first kappa shape index (κ1) is 17.7. The normalized spacial score (nSPS) is 16.9. The summed E-state index contributed by atoms with van der Waals surface area (Å²) in [4.78, 5) is 29.6. The Kier molecular flexibility index (Phi) is 5.60. The standard InChI is InChI=1S/C13H23N5O4S/c1-3-4-5-16(2)23(21,22)18-8-6-17(7-9-18)12(19)11-10-14-13(20)15-11/h10H,3-9H2,1-2H3,(H2,14,15,20). The Hall–Kier alpha value is -1.65. The molecule has 0 spiro atoms. The van der Waals surface area contributed by atoms with Crippen LogP contribution in [0, 0.1) is 0 Å². The van der Waals surface area contributed by atoms with Gasteiger partial charge in [0, 0.05) is 46.0 Å². The lowest BCUT2D eigenvalue weighted by molar-refractivity contribution is 0.0689. The molecular formula is C13H23N5O4S. The Balaban J connectivity index is 1.95. The smallest absolute Gasteiger partial charge is 0.323 e. The first-order valence-corrected chi connectivity index (χ1v) is 9.04. The third kappa shape index (κ3) is 4.01. The molecule has 0 unspecified atom stereocenters. The van der Waals surface area contributed by atoms with Crippen molar-refractivity contribution in [2.45, 2.75) is 19.8 Å². The summed E-state index contributed by atoms with van der Waals surface area (Å²) in [7, 11) is -1.90. The predicted molar refractivity (Wildman–Crippen MR) is 85.3 cm³/mol. The fraction of sp³-hybridized carbons (Fsp3) is 0.692. The number of imidazole rings is 1. The molecule has 1 aliphatic rings. The Morgan fingerprint density at radius 1 is 1.30 bits per heavy atom. The number of nitrogens with zero attached hydrogens (tertiary/aromatic N) is 3. The van der Waals surface area contributed by atoms with Gasteiger partial charge in [0.05, 0.1) is 0 Å². The van der Waals surface area contributed by atoms with Crippen molar-refractivity contribution in [1.29, 1.82) is 0 Å². The van der Waals surface area contributed by atoms with Crippen molar-refractivity contribution in [3.63, 3.8) is 0 Å². The molecule has 0 bridgehead atoms. The van der Waals surface area contributed by atoms with Gasteiger partial charge in [-0.1, -0.05) is 13.3 Å². The van der Waals surface area contributed by atoms with Gasteiger partial charge in [0.15, 0.2) is 0 Å². The van der Waals surface area contributed by atoms with Gasteiger partial charge in [0.2, 0.25) is 0 Å². The fourth-order valence-corrected chi connectivity index (χ4v) is 3.81. The lowest BCUT2D eigenvalue weighted by atomic mass is 10.3. The molecule has 2 rings (SSSR count). The number of hydrogen-bond donors (Lipinski definition) is 2. The molecule has 0 aromatic carbocycles. The molecular weight excluding hydrogens is 322 g/mol. The summed E-state index contributed by atoms with van der Waals surface area (Å²) < 4.78 is 27.6. The van der Waals surface area contributed by atoms with E-state index in [4.69, 9.17) is 0 Å². The van der Waals surface area contributed by atoms with Crippen molar-refractivity contribution in [3.8, 4) is 0 Å². The monoisotopic (exact) mass is 345 g/mol. The summed E-state index contributed by atoms with van der Waals surface area (Å²) in [5.41, 5.74) is -0.251. The van der Waals surface area contributed by atoms with Crippen LogP contribution in [0.1, 0.15) is 30.3 Å². The van der Waals surface area contributed by atoms with E-state index in [1.54, 1.807) is 7.05 Å². The van der Waals surface area contributed by atoms with Crippen molar-refractivity contribution in [3.05, 3.63) is 22.4 Å². The molecule has 2 heterocycles. The van der Waals surface area contributed by atoms with E-state index in [0.717, 1.165) is 12.8 Å². The molecule has 0 aliphatic carbocycles. The van der Waals surface area contributed by atoms with Gasteiger partial charge in [0.1, 0.15) is 5.69 Å². The number of carbonyl (C=O) groups excluding carboxylic acids is 1. The molecule has 0 atom stereocenters. The largest absolute Gasteiger partial charge is 0.335 e. The number of aromatic nitrogens is 2. The SMILES string of the molecule is CCCCN(C)S(=O)(=O)N1CCN(C(=O)c2c[nH]c(=O)[nH]2)CC1. The third-order valence-electron chi connectivity index (χ3n) is 3.90. The van der Waals surface area contributed by atoms with Crippen LogP contribution in [-0.4, -0.2) is 77.6 Å². The van der Waals surface area contributed by atoms with Crippen LogP contribution in [0.25, 0.3) is 0 Å². The molecule has 0 saturated carbocycles. The van der Waals surface area contributed by atoms with Crippen molar-refractivity contribution in [2.24, 2.45) is 0 Å². The third-order valence-corrected chi connectivity index (χ3v) is 5.89. The molecule has 1 saturated heterocycles. The van der Waals surface area contributed by atoms with Gasteiger partial charge >= 0.3 is 5.69 Å². The molecule has 130 valence electrons. The van der Waals surface area contributed by atoms with Crippen LogP contribution in [-0.2, 0) is 10.2 Å². The molecule has 1 amide bonds. The van der Waals surface area contributed by atoms with Crippen LogP contribution in [0.5, 0.6) is 0 Å². The van der Waals surface area contributed by atoms with Crippen LogP contribution < -0.4 is 5.69 Å². The Morgan fingerprint density at radius 2 is 1.96 bits per heavy atom. The maximum atomic E-state index is 12.4. The summed E-state index contributed by atoms with van der Waals surface area (Å²) in [6, 6.07) is 0. The molecule has 1 aromatic heterocycles. The predicted octanol–water partition coefficient (Wildman–Crippen LogP) is -0.562. The number of H-pyrrole nitrogens is 2. The van der Waals surface area contributed by atoms with E-state index >= 15 is 0 Å². The molecule has 23 heavy (non-hydrogen) atoms. The van der Waals surface area contributed by atoms with Gasteiger partial charge in [-0.05, 0) is 6.42 Å². The highest BCUT2D eigenvalue weighted by Gasteiger charge is 2.31. The topological polar surface area (TPSA) is 110 Å². The van der Waals surface area contributed by atoms with Crippen LogP contribution in [0.15, 0.2) is 11.0 Å². The number of aromatic amines is 2. The van der Waals surface area contributed by atoms with E-state index in [9.17, 15) is 18.0 Å². The van der Waals surface area contributed by atoms with Crippen LogP contribution >= 0.6 is 0 Å². The molecule has 0 radical (unpaired) electrons. The number of nitrogens with one attached hydrogen (secondary N) is 2. The van der Waals surface area contributed by atoms with Gasteiger partial charge in [-0.3, -0.25) is 4.79 Å². The molecule has 9 nitrogen and oxygen atoms in total. The summed E-state index contributed by atoms with van der Waals surface area (Å²) in [5, 5.41) is 0. The Morgan fingerprint density at radius 3 is 2.48 bits per heavy atom. The molecule has 1 aliphatic heterocycles. The van der Waals surface area contributed by atoms with Gasteiger partial charge in [-0.15, -0.1) is 0 Å². The molecule has 2 N–H and O–H groups in total. The Labute approximate surface area is 135 Å². The lowest BCUT2D eigenvalue weighted by Gasteiger charge is -2.35. The Bertz CT molecular complexity index is 687. The zero-order valence-electron chi connectivity index (χ0n) is 13.4. The van der Waals surface area contributed by atoms with E-state index in [-0.39, 0.29) is 24.7 Å². The second-order valence-corrected chi connectivity index (χ2v) is 7.57. The first-order chi connectivity index (χ1) is 10.9. The molecule has 10 heteroatoms. The highest BCUT2D eigenvalue weighted by atomic mass is 32.2. The highest BCUT2D eigenvalue weighted by molar-refractivity contribution is 7.86. The summed E-state index contributed by atoms with van der Waals surface area (Å²) in [5.74, 6) is -0.306. The van der Waals surface area contributed by atoms with Crippen molar-refractivity contribution in [2.75, 3.05) is 39.8 Å². The number of unbranched alkanes of at least 4 members (excludes halogenated alkanes) is 1. The summed E-state index contributed by atoms with van der Waals surface area (Å²) >= 11 is 0. The van der Waals surface area contributed by atoms with Crippen molar-refractivity contribution >= 4 is 16.1 Å². The second-order valence-electron chi connectivity index (χ2n) is 5.53. The number of piperazine rings is 1. The van der Waals surface area contributed by atoms with Gasteiger partial charge in [-0.2, -0.15) is 17.0 Å². The van der Waals surface area contributed by atoms with Gasteiger partial charge in [0.25, 0.3) is 16.1 Å². The number of amides is 1. The summed E-state index contributed by atoms with van der Waals surface area (Å²) in [6.07, 6.45) is 3.07. The second kappa shape index (κ2) is 7.28. The minimum absolute atomic E-state index is 0.186.